The van der Waals surface area contributed by atoms with Crippen LogP contribution in [0.3, 0.4) is 0 Å². The van der Waals surface area contributed by atoms with Crippen molar-refractivity contribution < 1.29 is 9.59 Å². The quantitative estimate of drug-likeness (QED) is 0.801. The molecule has 0 fully saturated rings. The fraction of sp³-hybridized carbons (Fsp3) is 0.417. The van der Waals surface area contributed by atoms with E-state index in [9.17, 15) is 9.59 Å². The minimum Gasteiger partial charge on any atom is -0.356 e. The molecule has 102 valence electrons. The first kappa shape index (κ1) is 13.5. The van der Waals surface area contributed by atoms with Crippen LogP contribution in [0.1, 0.15) is 28.7 Å². The summed E-state index contributed by atoms with van der Waals surface area (Å²) in [5.74, 6) is -0.243. The molecule has 2 aromatic rings. The summed E-state index contributed by atoms with van der Waals surface area (Å²) in [5, 5.41) is 5.45. The zero-order valence-electron chi connectivity index (χ0n) is 10.9. The number of carbonyl (C=O) groups is 2. The third-order valence-electron chi connectivity index (χ3n) is 2.52. The Kier molecular flexibility index (Phi) is 4.16. The van der Waals surface area contributed by atoms with E-state index in [1.807, 2.05) is 17.5 Å². The van der Waals surface area contributed by atoms with Crippen molar-refractivity contribution in [1.29, 1.82) is 0 Å². The highest BCUT2D eigenvalue weighted by Crippen LogP contribution is 2.16. The van der Waals surface area contributed by atoms with Gasteiger partial charge in [0, 0.05) is 37.3 Å². The number of nitrogens with one attached hydrogen (secondary N) is 2. The van der Waals surface area contributed by atoms with E-state index in [1.54, 1.807) is 17.5 Å². The monoisotopic (exact) mass is 280 g/mol. The van der Waals surface area contributed by atoms with Gasteiger partial charge in [-0.3, -0.25) is 14.0 Å². The molecule has 2 rings (SSSR count). The summed E-state index contributed by atoms with van der Waals surface area (Å²) in [6, 6.07) is 0. The number of rotatable bonds is 5. The van der Waals surface area contributed by atoms with E-state index in [0.717, 1.165) is 9.84 Å². The fourth-order valence-corrected chi connectivity index (χ4v) is 2.47. The molecule has 0 radical (unpaired) electrons. The topological polar surface area (TPSA) is 75.5 Å². The van der Waals surface area contributed by atoms with Gasteiger partial charge in [-0.15, -0.1) is 11.3 Å². The van der Waals surface area contributed by atoms with Crippen molar-refractivity contribution >= 4 is 28.1 Å². The molecule has 0 aliphatic heterocycles. The predicted molar refractivity (Wildman–Crippen MR) is 73.4 cm³/mol. The Labute approximate surface area is 114 Å². The third kappa shape index (κ3) is 3.54. The van der Waals surface area contributed by atoms with E-state index >= 15 is 0 Å². The van der Waals surface area contributed by atoms with E-state index in [-0.39, 0.29) is 11.8 Å². The smallest absolute Gasteiger partial charge is 0.271 e. The van der Waals surface area contributed by atoms with Crippen LogP contribution in [0.2, 0.25) is 0 Å². The van der Waals surface area contributed by atoms with Gasteiger partial charge in [0.1, 0.15) is 5.69 Å². The Morgan fingerprint density at radius 1 is 1.32 bits per heavy atom. The fourth-order valence-electron chi connectivity index (χ4n) is 1.67. The average Bonchev–Trinajstić information content (AvgIpc) is 2.84. The number of fused-ring (bicyclic) bond motifs is 1. The van der Waals surface area contributed by atoms with Gasteiger partial charge >= 0.3 is 0 Å². The van der Waals surface area contributed by atoms with E-state index in [2.05, 4.69) is 15.6 Å². The van der Waals surface area contributed by atoms with Crippen molar-refractivity contribution in [3.63, 3.8) is 0 Å². The maximum Gasteiger partial charge on any atom is 0.271 e. The molecule has 2 amide bonds. The SMILES string of the molecule is CC(=O)NCCCNC(=O)c1cn2cc(C)sc2n1. The molecule has 0 aromatic carbocycles. The number of hydrogen-bond acceptors (Lipinski definition) is 4. The van der Waals surface area contributed by atoms with E-state index in [0.29, 0.717) is 25.2 Å². The second kappa shape index (κ2) is 5.83. The zero-order chi connectivity index (χ0) is 13.8. The molecule has 19 heavy (non-hydrogen) atoms. The Morgan fingerprint density at radius 2 is 2.05 bits per heavy atom. The largest absolute Gasteiger partial charge is 0.356 e. The highest BCUT2D eigenvalue weighted by atomic mass is 32.1. The van der Waals surface area contributed by atoms with Gasteiger partial charge < -0.3 is 10.6 Å². The normalized spacial score (nSPS) is 10.6. The van der Waals surface area contributed by atoms with Crippen molar-refractivity contribution in [2.24, 2.45) is 0 Å². The van der Waals surface area contributed by atoms with Gasteiger partial charge in [0.25, 0.3) is 5.91 Å². The summed E-state index contributed by atoms with van der Waals surface area (Å²) >= 11 is 1.55. The molecule has 0 saturated carbocycles. The number of thiazole rings is 1. The Morgan fingerprint density at radius 3 is 2.74 bits per heavy atom. The predicted octanol–water partition coefficient (Wildman–Crippen LogP) is 0.960. The first-order chi connectivity index (χ1) is 9.06. The zero-order valence-corrected chi connectivity index (χ0v) is 11.7. The maximum atomic E-state index is 11.8. The first-order valence-corrected chi connectivity index (χ1v) is 6.85. The molecule has 2 N–H and O–H groups in total. The average molecular weight is 280 g/mol. The van der Waals surface area contributed by atoms with Gasteiger partial charge in [0.2, 0.25) is 5.91 Å². The standard InChI is InChI=1S/C12H16N4O2S/c1-8-6-16-7-10(15-12(16)19-8)11(18)14-5-3-4-13-9(2)17/h6-7H,3-5H2,1-2H3,(H,13,17)(H,14,18). The molecular formula is C12H16N4O2S. The van der Waals surface area contributed by atoms with Crippen molar-refractivity contribution in [3.8, 4) is 0 Å². The molecule has 0 unspecified atom stereocenters. The van der Waals surface area contributed by atoms with Crippen LogP contribution in [-0.4, -0.2) is 34.3 Å². The molecule has 7 heteroatoms. The summed E-state index contributed by atoms with van der Waals surface area (Å²) in [5.41, 5.74) is 0.422. The van der Waals surface area contributed by atoms with Crippen LogP contribution in [-0.2, 0) is 4.79 Å². The van der Waals surface area contributed by atoms with Crippen molar-refractivity contribution in [1.82, 2.24) is 20.0 Å². The summed E-state index contributed by atoms with van der Waals surface area (Å²) in [7, 11) is 0. The summed E-state index contributed by atoms with van der Waals surface area (Å²) in [4.78, 5) is 28.7. The molecule has 6 nitrogen and oxygen atoms in total. The van der Waals surface area contributed by atoms with Crippen LogP contribution in [0.15, 0.2) is 12.4 Å². The van der Waals surface area contributed by atoms with E-state index < -0.39 is 0 Å². The molecule has 0 saturated heterocycles. The van der Waals surface area contributed by atoms with Crippen LogP contribution in [0.5, 0.6) is 0 Å². The first-order valence-electron chi connectivity index (χ1n) is 6.04. The highest BCUT2D eigenvalue weighted by molar-refractivity contribution is 7.17. The number of imidazole rings is 1. The van der Waals surface area contributed by atoms with Crippen LogP contribution in [0.25, 0.3) is 4.96 Å². The van der Waals surface area contributed by atoms with Gasteiger partial charge in [-0.2, -0.15) is 0 Å². The number of hydrogen-bond donors (Lipinski definition) is 2. The third-order valence-corrected chi connectivity index (χ3v) is 3.43. The number of carbonyl (C=O) groups excluding carboxylic acids is 2. The molecule has 2 heterocycles. The summed E-state index contributed by atoms with van der Waals surface area (Å²) in [6.45, 7) is 4.55. The second-order valence-corrected chi connectivity index (χ2v) is 5.46. The van der Waals surface area contributed by atoms with Crippen molar-refractivity contribution in [2.75, 3.05) is 13.1 Å². The van der Waals surface area contributed by atoms with Gasteiger partial charge in [0.05, 0.1) is 0 Å². The van der Waals surface area contributed by atoms with Crippen molar-refractivity contribution in [3.05, 3.63) is 23.0 Å². The lowest BCUT2D eigenvalue weighted by Gasteiger charge is -2.03. The van der Waals surface area contributed by atoms with E-state index in [4.69, 9.17) is 0 Å². The maximum absolute atomic E-state index is 11.8. The molecule has 0 spiro atoms. The molecule has 0 aliphatic rings. The van der Waals surface area contributed by atoms with Crippen LogP contribution in [0, 0.1) is 6.92 Å². The molecule has 0 bridgehead atoms. The van der Waals surface area contributed by atoms with Crippen LogP contribution < -0.4 is 10.6 Å². The minimum absolute atomic E-state index is 0.0592. The number of nitrogens with zero attached hydrogens (tertiary/aromatic N) is 2. The summed E-state index contributed by atoms with van der Waals surface area (Å²) < 4.78 is 1.85. The van der Waals surface area contributed by atoms with E-state index in [1.165, 1.54) is 6.92 Å². The lowest BCUT2D eigenvalue weighted by molar-refractivity contribution is -0.118. The lowest BCUT2D eigenvalue weighted by Crippen LogP contribution is -2.28. The molecule has 0 atom stereocenters. The van der Waals surface area contributed by atoms with Gasteiger partial charge in [-0.05, 0) is 13.3 Å². The minimum atomic E-state index is -0.184. The molecule has 2 aromatic heterocycles. The Hall–Kier alpha value is -1.89. The second-order valence-electron chi connectivity index (χ2n) is 4.25. The molecular weight excluding hydrogens is 264 g/mol. The number of amides is 2. The molecule has 0 aliphatic carbocycles. The Balaban J connectivity index is 1.82. The van der Waals surface area contributed by atoms with Crippen molar-refractivity contribution in [2.45, 2.75) is 20.3 Å². The number of aryl methyl sites for hydroxylation is 1. The highest BCUT2D eigenvalue weighted by Gasteiger charge is 2.11. The van der Waals surface area contributed by atoms with Gasteiger partial charge in [-0.1, -0.05) is 0 Å². The van der Waals surface area contributed by atoms with Crippen LogP contribution >= 0.6 is 11.3 Å². The number of aromatic nitrogens is 2. The van der Waals surface area contributed by atoms with Gasteiger partial charge in [-0.25, -0.2) is 4.98 Å². The lowest BCUT2D eigenvalue weighted by atomic mass is 10.4. The summed E-state index contributed by atoms with van der Waals surface area (Å²) in [6.07, 6.45) is 4.37. The Bertz CT molecular complexity index is 570. The van der Waals surface area contributed by atoms with Gasteiger partial charge in [0.15, 0.2) is 4.96 Å². The van der Waals surface area contributed by atoms with Crippen LogP contribution in [0.4, 0.5) is 0 Å².